The molecule has 1 aliphatic rings. The number of hydrogen-bond acceptors (Lipinski definition) is 2. The molecule has 1 aliphatic carbocycles. The minimum Gasteiger partial charge on any atom is -0.346 e. The summed E-state index contributed by atoms with van der Waals surface area (Å²) in [6.07, 6.45) is 8.86. The van der Waals surface area contributed by atoms with Gasteiger partial charge in [-0.05, 0) is 66.5 Å². The van der Waals surface area contributed by atoms with Crippen LogP contribution in [0.1, 0.15) is 52.7 Å². The number of benzene rings is 2. The first kappa shape index (κ1) is 22.4. The lowest BCUT2D eigenvalue weighted by Gasteiger charge is -2.15. The van der Waals surface area contributed by atoms with E-state index in [-0.39, 0.29) is 10.9 Å². The number of aromatic nitrogens is 3. The fraction of sp³-hybridized carbons (Fsp3) is 0.259. The number of carbonyl (C=O) groups is 1. The number of imidazole rings is 1. The van der Waals surface area contributed by atoms with Crippen LogP contribution in [-0.4, -0.2) is 20.0 Å². The third-order valence-corrected chi connectivity index (χ3v) is 7.04. The lowest BCUT2D eigenvalue weighted by molar-refractivity contribution is 0.101. The molecular weight excluding hydrogens is 451 g/mol. The maximum Gasteiger partial charge on any atom is 0.272 e. The van der Waals surface area contributed by atoms with E-state index in [9.17, 15) is 9.18 Å². The fourth-order valence-electron chi connectivity index (χ4n) is 4.99. The molecule has 0 aliphatic heterocycles. The summed E-state index contributed by atoms with van der Waals surface area (Å²) in [4.78, 5) is 17.5. The van der Waals surface area contributed by atoms with Gasteiger partial charge in [-0.15, -0.1) is 0 Å². The van der Waals surface area contributed by atoms with Crippen LogP contribution in [0.4, 0.5) is 10.1 Å². The molecule has 1 saturated carbocycles. The summed E-state index contributed by atoms with van der Waals surface area (Å²) in [5.74, 6) is 0.0339. The second kappa shape index (κ2) is 9.11. The predicted molar refractivity (Wildman–Crippen MR) is 133 cm³/mol. The molecule has 2 unspecified atom stereocenters. The van der Waals surface area contributed by atoms with Crippen LogP contribution in [0.3, 0.4) is 0 Å². The van der Waals surface area contributed by atoms with Crippen molar-refractivity contribution in [3.63, 3.8) is 0 Å². The zero-order valence-electron chi connectivity index (χ0n) is 19.1. The van der Waals surface area contributed by atoms with Crippen molar-refractivity contribution in [3.8, 4) is 11.3 Å². The smallest absolute Gasteiger partial charge is 0.272 e. The number of halogens is 2. The first-order valence-corrected chi connectivity index (χ1v) is 11.8. The molecule has 4 aromatic rings. The summed E-state index contributed by atoms with van der Waals surface area (Å²) in [5, 5.41) is 2.85. The van der Waals surface area contributed by atoms with E-state index in [1.54, 1.807) is 0 Å². The van der Waals surface area contributed by atoms with Gasteiger partial charge in [0.25, 0.3) is 5.91 Å². The van der Waals surface area contributed by atoms with Gasteiger partial charge >= 0.3 is 0 Å². The highest BCUT2D eigenvalue weighted by molar-refractivity contribution is 6.31. The molecule has 2 atom stereocenters. The van der Waals surface area contributed by atoms with Crippen molar-refractivity contribution >= 4 is 23.2 Å². The van der Waals surface area contributed by atoms with Crippen LogP contribution in [0.25, 0.3) is 11.3 Å². The van der Waals surface area contributed by atoms with Crippen molar-refractivity contribution in [2.45, 2.75) is 31.1 Å². The Morgan fingerprint density at radius 2 is 1.85 bits per heavy atom. The molecular formula is C27H26ClFN4O. The Bertz CT molecular complexity index is 1340. The van der Waals surface area contributed by atoms with Crippen LogP contribution in [0.5, 0.6) is 0 Å². The molecule has 0 saturated heterocycles. The minimum atomic E-state index is -0.510. The van der Waals surface area contributed by atoms with Crippen molar-refractivity contribution in [2.75, 3.05) is 5.32 Å². The van der Waals surface area contributed by atoms with E-state index in [4.69, 9.17) is 11.6 Å². The first-order valence-electron chi connectivity index (χ1n) is 11.4. The van der Waals surface area contributed by atoms with Crippen molar-refractivity contribution in [1.82, 2.24) is 14.1 Å². The molecule has 1 N–H and O–H groups in total. The maximum absolute atomic E-state index is 13.5. The van der Waals surface area contributed by atoms with Crippen LogP contribution in [0.15, 0.2) is 67.3 Å². The molecule has 1 amide bonds. The number of amides is 1. The van der Waals surface area contributed by atoms with Crippen molar-refractivity contribution < 1.29 is 9.18 Å². The third kappa shape index (κ3) is 4.38. The van der Waals surface area contributed by atoms with E-state index in [0.717, 1.165) is 36.1 Å². The van der Waals surface area contributed by atoms with Gasteiger partial charge in [0, 0.05) is 37.7 Å². The van der Waals surface area contributed by atoms with E-state index in [2.05, 4.69) is 34.6 Å². The summed E-state index contributed by atoms with van der Waals surface area (Å²) in [5.41, 5.74) is 5.57. The Morgan fingerprint density at radius 3 is 2.56 bits per heavy atom. The van der Waals surface area contributed by atoms with Gasteiger partial charge in [0.15, 0.2) is 0 Å². The van der Waals surface area contributed by atoms with E-state index >= 15 is 0 Å². The third-order valence-electron chi connectivity index (χ3n) is 6.75. The van der Waals surface area contributed by atoms with Gasteiger partial charge in [-0.1, -0.05) is 35.9 Å². The highest BCUT2D eigenvalue weighted by Crippen LogP contribution is 2.45. The van der Waals surface area contributed by atoms with Gasteiger partial charge in [-0.2, -0.15) is 0 Å². The predicted octanol–water partition coefficient (Wildman–Crippen LogP) is 6.52. The molecule has 7 heteroatoms. The first-order chi connectivity index (χ1) is 16.4. The van der Waals surface area contributed by atoms with Gasteiger partial charge in [-0.25, -0.2) is 9.37 Å². The topological polar surface area (TPSA) is 51.9 Å². The molecule has 0 spiro atoms. The van der Waals surface area contributed by atoms with Gasteiger partial charge in [0.1, 0.15) is 11.5 Å². The Morgan fingerprint density at radius 1 is 1.09 bits per heavy atom. The van der Waals surface area contributed by atoms with Gasteiger partial charge in [0.05, 0.1) is 17.0 Å². The molecule has 2 heterocycles. The average molecular weight is 477 g/mol. The van der Waals surface area contributed by atoms with Crippen molar-refractivity contribution in [2.24, 2.45) is 14.1 Å². The molecule has 174 valence electrons. The Hall–Kier alpha value is -3.38. The molecule has 5 nitrogen and oxygen atoms in total. The van der Waals surface area contributed by atoms with E-state index in [1.807, 2.05) is 48.0 Å². The summed E-state index contributed by atoms with van der Waals surface area (Å²) < 4.78 is 17.3. The molecule has 0 radical (unpaired) electrons. The monoisotopic (exact) mass is 476 g/mol. The molecule has 2 aromatic heterocycles. The maximum atomic E-state index is 13.5. The normalized spacial score (nSPS) is 17.8. The molecule has 34 heavy (non-hydrogen) atoms. The van der Waals surface area contributed by atoms with Crippen LogP contribution in [0, 0.1) is 5.82 Å². The number of nitrogens with zero attached hydrogens (tertiary/aromatic N) is 3. The summed E-state index contributed by atoms with van der Waals surface area (Å²) in [6, 6.07) is 14.9. The second-order valence-electron chi connectivity index (χ2n) is 9.07. The second-order valence-corrected chi connectivity index (χ2v) is 9.47. The summed E-state index contributed by atoms with van der Waals surface area (Å²) >= 11 is 5.87. The molecule has 0 bridgehead atoms. The minimum absolute atomic E-state index is 0.0161. The van der Waals surface area contributed by atoms with Crippen LogP contribution < -0.4 is 5.32 Å². The lowest BCUT2D eigenvalue weighted by Crippen LogP contribution is -2.18. The summed E-state index contributed by atoms with van der Waals surface area (Å²) in [6.45, 7) is 0. The van der Waals surface area contributed by atoms with Gasteiger partial charge in [-0.3, -0.25) is 4.79 Å². The molecule has 2 aromatic carbocycles. The number of nitrogens with one attached hydrogen (secondary N) is 1. The van der Waals surface area contributed by atoms with Gasteiger partial charge < -0.3 is 14.5 Å². The van der Waals surface area contributed by atoms with E-state index in [0.29, 0.717) is 23.2 Å². The number of hydrogen-bond donors (Lipinski definition) is 1. The number of carbonyl (C=O) groups excluding carboxylic acids is 1. The quantitative estimate of drug-likeness (QED) is 0.356. The highest BCUT2D eigenvalue weighted by atomic mass is 35.5. The Balaban J connectivity index is 1.31. The molecule has 5 rings (SSSR count). The van der Waals surface area contributed by atoms with Crippen molar-refractivity contribution in [1.29, 1.82) is 0 Å². The van der Waals surface area contributed by atoms with Gasteiger partial charge in [0.2, 0.25) is 0 Å². The molecule has 1 fully saturated rings. The Kier molecular flexibility index (Phi) is 6.00. The zero-order chi connectivity index (χ0) is 23.8. The summed E-state index contributed by atoms with van der Waals surface area (Å²) in [7, 11) is 3.84. The standard InChI is InChI=1S/C27H26ClFN4O/c1-32-15-25(30-16-32)18-5-3-17(4-6-18)19-7-8-20(13-19)22-11-12-33(2)26(22)27(34)31-21-9-10-24(29)23(28)14-21/h3-6,9-12,14-16,19-20H,7-8,13H2,1-2H3,(H,31,34). The van der Waals surface area contributed by atoms with Crippen LogP contribution in [-0.2, 0) is 14.1 Å². The van der Waals surface area contributed by atoms with Crippen LogP contribution in [0.2, 0.25) is 5.02 Å². The largest absolute Gasteiger partial charge is 0.346 e. The highest BCUT2D eigenvalue weighted by Gasteiger charge is 2.31. The van der Waals surface area contributed by atoms with Crippen LogP contribution >= 0.6 is 11.6 Å². The Labute approximate surface area is 203 Å². The SMILES string of the molecule is Cn1cnc(-c2ccc(C3CCC(c4ccn(C)c4C(=O)Nc4ccc(F)c(Cl)c4)C3)cc2)c1. The number of aryl methyl sites for hydroxylation is 2. The average Bonchev–Trinajstić information content (AvgIpc) is 3.56. The number of rotatable bonds is 5. The zero-order valence-corrected chi connectivity index (χ0v) is 19.9. The van der Waals surface area contributed by atoms with E-state index in [1.165, 1.54) is 23.8 Å². The number of anilines is 1. The van der Waals surface area contributed by atoms with E-state index < -0.39 is 5.82 Å². The fourth-order valence-corrected chi connectivity index (χ4v) is 5.17. The van der Waals surface area contributed by atoms with Crippen molar-refractivity contribution in [3.05, 3.63) is 94.9 Å². The lowest BCUT2D eigenvalue weighted by atomic mass is 9.92.